The van der Waals surface area contributed by atoms with Gasteiger partial charge >= 0.3 is 5.97 Å². The van der Waals surface area contributed by atoms with E-state index in [9.17, 15) is 13.2 Å². The van der Waals surface area contributed by atoms with Crippen LogP contribution in [0.5, 0.6) is 0 Å². The second-order valence-electron chi connectivity index (χ2n) is 5.31. The zero-order valence-corrected chi connectivity index (χ0v) is 13.6. The minimum atomic E-state index is -3.53. The molecule has 1 heterocycles. The van der Waals surface area contributed by atoms with Crippen LogP contribution in [0.25, 0.3) is 0 Å². The molecule has 20 heavy (non-hydrogen) atoms. The molecular weight excluding hydrogens is 298 g/mol. The third kappa shape index (κ3) is 5.60. The summed E-state index contributed by atoms with van der Waals surface area (Å²) in [5.41, 5.74) is 0. The van der Waals surface area contributed by atoms with Crippen molar-refractivity contribution in [3.8, 4) is 0 Å². The summed E-state index contributed by atoms with van der Waals surface area (Å²) in [5.74, 6) is -0.766. The molecule has 114 valence electrons. The van der Waals surface area contributed by atoms with Crippen LogP contribution >= 0.6 is 11.3 Å². The Morgan fingerprint density at radius 1 is 1.40 bits per heavy atom. The Balaban J connectivity index is 2.68. The molecule has 7 heteroatoms. The Bertz CT molecular complexity index is 548. The molecule has 5 nitrogen and oxygen atoms in total. The number of hydrogen-bond acceptors (Lipinski definition) is 4. The molecule has 0 radical (unpaired) electrons. The maximum Gasteiger partial charge on any atom is 0.303 e. The normalized spacial score (nSPS) is 13.6. The lowest BCUT2D eigenvalue weighted by molar-refractivity contribution is -0.138. The summed E-state index contributed by atoms with van der Waals surface area (Å²) in [4.78, 5) is 11.7. The van der Waals surface area contributed by atoms with Crippen molar-refractivity contribution < 1.29 is 18.3 Å². The lowest BCUT2D eigenvalue weighted by atomic mass is 9.94. The predicted octanol–water partition coefficient (Wildman–Crippen LogP) is 2.47. The molecule has 1 unspecified atom stereocenters. The van der Waals surface area contributed by atoms with Gasteiger partial charge in [-0.3, -0.25) is 4.79 Å². The summed E-state index contributed by atoms with van der Waals surface area (Å²) in [5, 5.41) is 8.87. The fourth-order valence-corrected chi connectivity index (χ4v) is 4.45. The lowest BCUT2D eigenvalue weighted by Crippen LogP contribution is -2.30. The van der Waals surface area contributed by atoms with Crippen LogP contribution in [0.1, 0.15) is 31.6 Å². The maximum absolute atomic E-state index is 12.1. The Kier molecular flexibility index (Phi) is 6.16. The van der Waals surface area contributed by atoms with Crippen LogP contribution in [-0.4, -0.2) is 26.0 Å². The first-order chi connectivity index (χ1) is 9.20. The second kappa shape index (κ2) is 7.19. The van der Waals surface area contributed by atoms with Gasteiger partial charge in [0, 0.05) is 17.8 Å². The molecule has 1 rings (SSSR count). The summed E-state index contributed by atoms with van der Waals surface area (Å²) in [6.07, 6.45) is 0.655. The first kappa shape index (κ1) is 17.1. The zero-order valence-electron chi connectivity index (χ0n) is 11.9. The van der Waals surface area contributed by atoms with Crippen LogP contribution in [-0.2, 0) is 14.8 Å². The van der Waals surface area contributed by atoms with Crippen LogP contribution < -0.4 is 4.72 Å². The van der Waals surface area contributed by atoms with Crippen molar-refractivity contribution in [2.75, 3.05) is 6.54 Å². The second-order valence-corrected chi connectivity index (χ2v) is 8.59. The van der Waals surface area contributed by atoms with Gasteiger partial charge in [-0.2, -0.15) is 0 Å². The van der Waals surface area contributed by atoms with E-state index in [4.69, 9.17) is 5.11 Å². The van der Waals surface area contributed by atoms with Crippen molar-refractivity contribution in [1.29, 1.82) is 0 Å². The number of sulfonamides is 1. The van der Waals surface area contributed by atoms with E-state index in [1.807, 2.05) is 20.8 Å². The molecule has 0 saturated heterocycles. The van der Waals surface area contributed by atoms with Gasteiger partial charge in [-0.05, 0) is 37.3 Å². The summed E-state index contributed by atoms with van der Waals surface area (Å²) < 4.78 is 26.9. The van der Waals surface area contributed by atoms with E-state index in [2.05, 4.69) is 4.72 Å². The Morgan fingerprint density at radius 2 is 2.05 bits per heavy atom. The van der Waals surface area contributed by atoms with Gasteiger partial charge in [-0.25, -0.2) is 13.1 Å². The number of aliphatic carboxylic acids is 1. The molecular formula is C13H21NO4S2. The van der Waals surface area contributed by atoms with Crippen LogP contribution in [0.4, 0.5) is 0 Å². The summed E-state index contributed by atoms with van der Waals surface area (Å²) in [6.45, 7) is 5.98. The van der Waals surface area contributed by atoms with Gasteiger partial charge in [-0.1, -0.05) is 13.8 Å². The highest BCUT2D eigenvalue weighted by molar-refractivity contribution is 7.91. The number of nitrogens with one attached hydrogen (secondary N) is 1. The van der Waals surface area contributed by atoms with Gasteiger partial charge in [0.2, 0.25) is 10.0 Å². The molecule has 2 N–H and O–H groups in total. The fourth-order valence-electron chi connectivity index (χ4n) is 2.01. The lowest BCUT2D eigenvalue weighted by Gasteiger charge is -2.17. The average molecular weight is 319 g/mol. The molecule has 1 aromatic rings. The van der Waals surface area contributed by atoms with E-state index >= 15 is 0 Å². The number of hydrogen-bond donors (Lipinski definition) is 2. The Labute approximate surface area is 124 Å². The highest BCUT2D eigenvalue weighted by Gasteiger charge is 2.20. The van der Waals surface area contributed by atoms with Gasteiger partial charge in [0.25, 0.3) is 0 Å². The summed E-state index contributed by atoms with van der Waals surface area (Å²) in [7, 11) is -3.53. The van der Waals surface area contributed by atoms with Crippen LogP contribution in [0, 0.1) is 18.8 Å². The molecule has 0 spiro atoms. The number of rotatable bonds is 8. The molecule has 1 atom stereocenters. The quantitative estimate of drug-likeness (QED) is 0.771. The minimum Gasteiger partial charge on any atom is -0.481 e. The number of carboxylic acid groups (broad SMARTS) is 1. The predicted molar refractivity (Wildman–Crippen MR) is 79.4 cm³/mol. The van der Waals surface area contributed by atoms with E-state index in [0.29, 0.717) is 12.3 Å². The van der Waals surface area contributed by atoms with E-state index in [1.165, 1.54) is 11.3 Å². The number of aryl methyl sites for hydroxylation is 1. The van der Waals surface area contributed by atoms with Gasteiger partial charge in [0.1, 0.15) is 4.21 Å². The van der Waals surface area contributed by atoms with Crippen LogP contribution in [0.2, 0.25) is 0 Å². The monoisotopic (exact) mass is 319 g/mol. The van der Waals surface area contributed by atoms with Crippen molar-refractivity contribution in [2.45, 2.75) is 37.8 Å². The van der Waals surface area contributed by atoms with Crippen LogP contribution in [0.15, 0.2) is 16.3 Å². The highest BCUT2D eigenvalue weighted by atomic mass is 32.2. The van der Waals surface area contributed by atoms with E-state index in [-0.39, 0.29) is 23.1 Å². The first-order valence-corrected chi connectivity index (χ1v) is 8.78. The molecule has 0 aromatic carbocycles. The average Bonchev–Trinajstić information content (AvgIpc) is 2.72. The van der Waals surface area contributed by atoms with Crippen molar-refractivity contribution in [2.24, 2.45) is 11.8 Å². The molecule has 1 aromatic heterocycles. The van der Waals surface area contributed by atoms with Gasteiger partial charge in [-0.15, -0.1) is 11.3 Å². The molecule has 0 saturated carbocycles. The molecule has 0 aliphatic carbocycles. The molecule has 0 aliphatic rings. The van der Waals surface area contributed by atoms with Gasteiger partial charge < -0.3 is 5.11 Å². The van der Waals surface area contributed by atoms with Gasteiger partial charge in [0.05, 0.1) is 0 Å². The van der Waals surface area contributed by atoms with E-state index < -0.39 is 16.0 Å². The van der Waals surface area contributed by atoms with Crippen molar-refractivity contribution >= 4 is 27.3 Å². The van der Waals surface area contributed by atoms with E-state index in [0.717, 1.165) is 4.88 Å². The largest absolute Gasteiger partial charge is 0.481 e. The summed E-state index contributed by atoms with van der Waals surface area (Å²) in [6, 6.07) is 3.32. The number of thiophene rings is 1. The maximum atomic E-state index is 12.1. The topological polar surface area (TPSA) is 83.5 Å². The minimum absolute atomic E-state index is 0.0236. The molecule has 0 amide bonds. The Morgan fingerprint density at radius 3 is 2.50 bits per heavy atom. The third-order valence-electron chi connectivity index (χ3n) is 2.81. The first-order valence-electron chi connectivity index (χ1n) is 6.48. The Hall–Kier alpha value is -0.920. The van der Waals surface area contributed by atoms with Crippen LogP contribution in [0.3, 0.4) is 0 Å². The third-order valence-corrected chi connectivity index (χ3v) is 5.73. The zero-order chi connectivity index (χ0) is 15.3. The van der Waals surface area contributed by atoms with Crippen molar-refractivity contribution in [3.05, 3.63) is 17.0 Å². The number of carbonyl (C=O) groups is 1. The van der Waals surface area contributed by atoms with Gasteiger partial charge in [0.15, 0.2) is 0 Å². The smallest absolute Gasteiger partial charge is 0.303 e. The van der Waals surface area contributed by atoms with Crippen molar-refractivity contribution in [3.63, 3.8) is 0 Å². The summed E-state index contributed by atoms with van der Waals surface area (Å²) >= 11 is 1.21. The molecule has 0 bridgehead atoms. The van der Waals surface area contributed by atoms with E-state index in [1.54, 1.807) is 12.1 Å². The SMILES string of the molecule is Cc1ccc(S(=O)(=O)NCC(CC(=O)O)CC(C)C)s1. The highest BCUT2D eigenvalue weighted by Crippen LogP contribution is 2.21. The fraction of sp³-hybridized carbons (Fsp3) is 0.615. The standard InChI is InChI=1S/C13H21NO4S2/c1-9(2)6-11(7-12(15)16)8-14-20(17,18)13-5-4-10(3)19-13/h4-5,9,11,14H,6-8H2,1-3H3,(H,15,16). The molecule has 0 fully saturated rings. The number of carboxylic acids is 1. The van der Waals surface area contributed by atoms with Crippen molar-refractivity contribution in [1.82, 2.24) is 4.72 Å². The molecule has 0 aliphatic heterocycles.